The van der Waals surface area contributed by atoms with Gasteiger partial charge in [0, 0.05) is 12.5 Å². The molecule has 0 heterocycles. The lowest BCUT2D eigenvalue weighted by Crippen LogP contribution is -2.16. The van der Waals surface area contributed by atoms with E-state index in [0.717, 1.165) is 5.56 Å². The number of methoxy groups -OCH3 is 5. The average Bonchev–Trinajstić information content (AvgIpc) is 2.82. The van der Waals surface area contributed by atoms with Crippen molar-refractivity contribution in [2.24, 2.45) is 0 Å². The fourth-order valence-corrected chi connectivity index (χ4v) is 3.30. The highest BCUT2D eigenvalue weighted by atomic mass is 16.5. The highest BCUT2D eigenvalue weighted by Gasteiger charge is 2.19. The molecule has 0 amide bonds. The zero-order valence-electron chi connectivity index (χ0n) is 20.2. The summed E-state index contributed by atoms with van der Waals surface area (Å²) in [5.74, 6) is 2.69. The zero-order valence-corrected chi connectivity index (χ0v) is 20.2. The van der Waals surface area contributed by atoms with Gasteiger partial charge in [0.15, 0.2) is 23.0 Å². The second-order valence-corrected chi connectivity index (χ2v) is 7.01. The Morgan fingerprint density at radius 2 is 1.33 bits per heavy atom. The van der Waals surface area contributed by atoms with Gasteiger partial charge in [-0.3, -0.25) is 0 Å². The van der Waals surface area contributed by atoms with Gasteiger partial charge >= 0.3 is 5.97 Å². The first kappa shape index (κ1) is 25.7. The Bertz CT molecular complexity index is 917. The maximum atomic E-state index is 11.6. The van der Waals surface area contributed by atoms with Gasteiger partial charge in [0.2, 0.25) is 11.5 Å². The molecule has 0 aliphatic heterocycles. The summed E-state index contributed by atoms with van der Waals surface area (Å²) in [6, 6.07) is 7.30. The third-order valence-electron chi connectivity index (χ3n) is 4.75. The zero-order chi connectivity index (χ0) is 24.4. The van der Waals surface area contributed by atoms with Crippen LogP contribution in [-0.4, -0.2) is 54.2 Å². The standard InChI is InChI=1S/C25H32O8/c1-8-32-23(26)10-9-17-12-21(29-5)25(22(13-17)30-6)33-16(2)11-18-14-19(27-3)24(31-7)20(15-18)28-4/h9-10,12-16H,8,11H2,1-7H3/b10-9+/t16-/m0/s1. The second kappa shape index (κ2) is 12.5. The van der Waals surface area contributed by atoms with Crippen molar-refractivity contribution in [1.29, 1.82) is 0 Å². The Hall–Kier alpha value is -3.55. The Kier molecular flexibility index (Phi) is 9.72. The van der Waals surface area contributed by atoms with Crippen LogP contribution >= 0.6 is 0 Å². The van der Waals surface area contributed by atoms with Crippen molar-refractivity contribution in [3.05, 3.63) is 41.5 Å². The molecule has 2 rings (SSSR count). The van der Waals surface area contributed by atoms with E-state index < -0.39 is 5.97 Å². The molecular formula is C25H32O8. The van der Waals surface area contributed by atoms with Crippen molar-refractivity contribution in [2.45, 2.75) is 26.4 Å². The molecular weight excluding hydrogens is 428 g/mol. The molecule has 8 nitrogen and oxygen atoms in total. The quantitative estimate of drug-likeness (QED) is 0.342. The number of benzene rings is 2. The highest BCUT2D eigenvalue weighted by molar-refractivity contribution is 5.87. The lowest BCUT2D eigenvalue weighted by molar-refractivity contribution is -0.137. The molecule has 0 aliphatic carbocycles. The van der Waals surface area contributed by atoms with E-state index in [1.807, 2.05) is 19.1 Å². The first-order valence-corrected chi connectivity index (χ1v) is 10.5. The van der Waals surface area contributed by atoms with Crippen LogP contribution in [0.25, 0.3) is 6.08 Å². The molecule has 33 heavy (non-hydrogen) atoms. The molecule has 0 spiro atoms. The average molecular weight is 461 g/mol. The number of carbonyl (C=O) groups excluding carboxylic acids is 1. The van der Waals surface area contributed by atoms with Gasteiger partial charge in [-0.05, 0) is 55.3 Å². The largest absolute Gasteiger partial charge is 0.493 e. The van der Waals surface area contributed by atoms with E-state index in [1.165, 1.54) is 6.08 Å². The van der Waals surface area contributed by atoms with Crippen LogP contribution in [0.3, 0.4) is 0 Å². The third-order valence-corrected chi connectivity index (χ3v) is 4.75. The van der Waals surface area contributed by atoms with E-state index in [1.54, 1.807) is 60.7 Å². The van der Waals surface area contributed by atoms with E-state index >= 15 is 0 Å². The summed E-state index contributed by atoms with van der Waals surface area (Å²) in [6.07, 6.45) is 3.31. The molecule has 180 valence electrons. The van der Waals surface area contributed by atoms with Gasteiger partial charge in [0.05, 0.1) is 42.2 Å². The molecule has 0 radical (unpaired) electrons. The predicted octanol–water partition coefficient (Wildman–Crippen LogP) is 4.32. The number of carbonyl (C=O) groups is 1. The van der Waals surface area contributed by atoms with Crippen LogP contribution in [-0.2, 0) is 16.0 Å². The van der Waals surface area contributed by atoms with Crippen molar-refractivity contribution < 1.29 is 38.0 Å². The van der Waals surface area contributed by atoms with E-state index in [0.29, 0.717) is 53.1 Å². The molecule has 0 fully saturated rings. The Morgan fingerprint density at radius 1 is 0.818 bits per heavy atom. The molecule has 0 bridgehead atoms. The minimum Gasteiger partial charge on any atom is -0.493 e. The summed E-state index contributed by atoms with van der Waals surface area (Å²) in [5, 5.41) is 0. The summed E-state index contributed by atoms with van der Waals surface area (Å²) in [7, 11) is 7.81. The fraction of sp³-hybridized carbons (Fsp3) is 0.400. The molecule has 0 aliphatic rings. The maximum absolute atomic E-state index is 11.6. The topological polar surface area (TPSA) is 81.7 Å². The Morgan fingerprint density at radius 3 is 1.79 bits per heavy atom. The van der Waals surface area contributed by atoms with Crippen LogP contribution < -0.4 is 28.4 Å². The SMILES string of the molecule is CCOC(=O)/C=C/c1cc(OC)c(O[C@@H](C)Cc2cc(OC)c(OC)c(OC)c2)c(OC)c1. The first-order valence-electron chi connectivity index (χ1n) is 10.5. The lowest BCUT2D eigenvalue weighted by atomic mass is 10.1. The first-order chi connectivity index (χ1) is 15.9. The lowest BCUT2D eigenvalue weighted by Gasteiger charge is -2.21. The number of ether oxygens (including phenoxy) is 7. The summed E-state index contributed by atoms with van der Waals surface area (Å²) < 4.78 is 38.4. The molecule has 0 saturated heterocycles. The van der Waals surface area contributed by atoms with Crippen LogP contribution in [0.5, 0.6) is 34.5 Å². The van der Waals surface area contributed by atoms with E-state index in [4.69, 9.17) is 33.2 Å². The van der Waals surface area contributed by atoms with Gasteiger partial charge in [-0.2, -0.15) is 0 Å². The molecule has 0 aromatic heterocycles. The number of hydrogen-bond acceptors (Lipinski definition) is 8. The maximum Gasteiger partial charge on any atom is 0.330 e. The van der Waals surface area contributed by atoms with Crippen LogP contribution in [0.1, 0.15) is 25.0 Å². The van der Waals surface area contributed by atoms with Gasteiger partial charge in [-0.15, -0.1) is 0 Å². The fourth-order valence-electron chi connectivity index (χ4n) is 3.30. The molecule has 8 heteroatoms. The molecule has 2 aromatic carbocycles. The summed E-state index contributed by atoms with van der Waals surface area (Å²) >= 11 is 0. The highest BCUT2D eigenvalue weighted by Crippen LogP contribution is 2.41. The summed E-state index contributed by atoms with van der Waals surface area (Å²) in [6.45, 7) is 4.01. The number of hydrogen-bond donors (Lipinski definition) is 0. The monoisotopic (exact) mass is 460 g/mol. The Labute approximate surface area is 194 Å². The van der Waals surface area contributed by atoms with E-state index in [-0.39, 0.29) is 6.10 Å². The van der Waals surface area contributed by atoms with Gasteiger partial charge < -0.3 is 33.2 Å². The van der Waals surface area contributed by atoms with E-state index in [9.17, 15) is 4.79 Å². The Balaban J connectivity index is 2.28. The van der Waals surface area contributed by atoms with E-state index in [2.05, 4.69) is 0 Å². The minimum absolute atomic E-state index is 0.239. The molecule has 0 N–H and O–H groups in total. The molecule has 0 saturated carbocycles. The second-order valence-electron chi connectivity index (χ2n) is 7.01. The van der Waals surface area contributed by atoms with Crippen molar-refractivity contribution in [3.8, 4) is 34.5 Å². The predicted molar refractivity (Wildman–Crippen MR) is 125 cm³/mol. The van der Waals surface area contributed by atoms with Crippen molar-refractivity contribution >= 4 is 12.0 Å². The number of rotatable bonds is 12. The van der Waals surface area contributed by atoms with Gasteiger partial charge in [0.1, 0.15) is 6.10 Å². The van der Waals surface area contributed by atoms with Gasteiger partial charge in [-0.25, -0.2) is 4.79 Å². The molecule has 0 unspecified atom stereocenters. The van der Waals surface area contributed by atoms with Crippen LogP contribution in [0.15, 0.2) is 30.3 Å². The normalized spacial score (nSPS) is 11.6. The van der Waals surface area contributed by atoms with Gasteiger partial charge in [0.25, 0.3) is 0 Å². The van der Waals surface area contributed by atoms with Crippen LogP contribution in [0.4, 0.5) is 0 Å². The van der Waals surface area contributed by atoms with Gasteiger partial charge in [-0.1, -0.05) is 0 Å². The third kappa shape index (κ3) is 6.71. The summed E-state index contributed by atoms with van der Waals surface area (Å²) in [5.41, 5.74) is 1.66. The van der Waals surface area contributed by atoms with Crippen molar-refractivity contribution in [2.75, 3.05) is 42.2 Å². The van der Waals surface area contributed by atoms with Crippen LogP contribution in [0, 0.1) is 0 Å². The molecule has 2 aromatic rings. The van der Waals surface area contributed by atoms with Crippen molar-refractivity contribution in [1.82, 2.24) is 0 Å². The molecule has 1 atom stereocenters. The minimum atomic E-state index is -0.422. The van der Waals surface area contributed by atoms with Crippen LogP contribution in [0.2, 0.25) is 0 Å². The summed E-state index contributed by atoms with van der Waals surface area (Å²) in [4.78, 5) is 11.6. The number of esters is 1. The smallest absolute Gasteiger partial charge is 0.330 e. The van der Waals surface area contributed by atoms with Crippen molar-refractivity contribution in [3.63, 3.8) is 0 Å².